The van der Waals surface area contributed by atoms with E-state index >= 15 is 0 Å². The van der Waals surface area contributed by atoms with E-state index in [2.05, 4.69) is 5.32 Å². The van der Waals surface area contributed by atoms with Crippen LogP contribution in [-0.4, -0.2) is 61.2 Å². The third-order valence-electron chi connectivity index (χ3n) is 4.11. The number of amides is 2. The van der Waals surface area contributed by atoms with Crippen LogP contribution >= 0.6 is 11.6 Å². The Morgan fingerprint density at radius 3 is 2.48 bits per heavy atom. The molecule has 0 aromatic heterocycles. The van der Waals surface area contributed by atoms with Crippen molar-refractivity contribution in [3.05, 3.63) is 29.3 Å². The molecule has 3 rings (SSSR count). The highest BCUT2D eigenvalue weighted by molar-refractivity contribution is 7.89. The van der Waals surface area contributed by atoms with Crippen LogP contribution < -0.4 is 5.32 Å². The Kier molecular flexibility index (Phi) is 4.07. The second-order valence-corrected chi connectivity index (χ2v) is 7.97. The quantitative estimate of drug-likeness (QED) is 0.811. The van der Waals surface area contributed by atoms with Crippen molar-refractivity contribution in [2.75, 3.05) is 19.6 Å². The summed E-state index contributed by atoms with van der Waals surface area (Å²) in [5, 5.41) is 3.02. The summed E-state index contributed by atoms with van der Waals surface area (Å²) in [6.07, 6.45) is 0. The summed E-state index contributed by atoms with van der Waals surface area (Å²) in [7, 11) is -3.73. The second-order valence-electron chi connectivity index (χ2n) is 5.59. The number of nitrogens with one attached hydrogen (secondary N) is 1. The minimum atomic E-state index is -3.73. The van der Waals surface area contributed by atoms with Crippen molar-refractivity contribution in [3.8, 4) is 0 Å². The van der Waals surface area contributed by atoms with E-state index < -0.39 is 22.1 Å². The maximum atomic E-state index is 12.7. The van der Waals surface area contributed by atoms with Crippen molar-refractivity contribution in [3.63, 3.8) is 0 Å². The van der Waals surface area contributed by atoms with Gasteiger partial charge in [0.2, 0.25) is 21.8 Å². The van der Waals surface area contributed by atoms with Gasteiger partial charge in [0.25, 0.3) is 0 Å². The van der Waals surface area contributed by atoms with Crippen molar-refractivity contribution < 1.29 is 18.0 Å². The Hall–Kier alpha value is -1.64. The third kappa shape index (κ3) is 2.82. The van der Waals surface area contributed by atoms with E-state index in [0.717, 1.165) is 0 Å². The summed E-state index contributed by atoms with van der Waals surface area (Å²) >= 11 is 5.78. The van der Waals surface area contributed by atoms with Gasteiger partial charge in [0.15, 0.2) is 0 Å². The first-order chi connectivity index (χ1) is 10.8. The van der Waals surface area contributed by atoms with E-state index in [-0.39, 0.29) is 36.3 Å². The molecule has 7 nitrogen and oxygen atoms in total. The number of nitrogens with zero attached hydrogens (tertiary/aromatic N) is 2. The number of hydrogen-bond acceptors (Lipinski definition) is 4. The van der Waals surface area contributed by atoms with E-state index in [1.807, 2.05) is 0 Å². The minimum Gasteiger partial charge on any atom is -0.343 e. The molecule has 0 bridgehead atoms. The van der Waals surface area contributed by atoms with Crippen molar-refractivity contribution in [1.82, 2.24) is 14.5 Å². The van der Waals surface area contributed by atoms with Crippen molar-refractivity contribution in [2.45, 2.75) is 23.9 Å². The second kappa shape index (κ2) is 5.77. The maximum absolute atomic E-state index is 12.7. The number of sulfonamides is 1. The lowest BCUT2D eigenvalue weighted by Crippen LogP contribution is -2.69. The molecule has 2 aliphatic rings. The monoisotopic (exact) mass is 357 g/mol. The average molecular weight is 358 g/mol. The third-order valence-corrected chi connectivity index (χ3v) is 6.24. The zero-order valence-corrected chi connectivity index (χ0v) is 14.0. The van der Waals surface area contributed by atoms with Crippen LogP contribution in [0.4, 0.5) is 0 Å². The highest BCUT2D eigenvalue weighted by Gasteiger charge is 2.44. The predicted molar refractivity (Wildman–Crippen MR) is 83.3 cm³/mol. The molecule has 2 heterocycles. The van der Waals surface area contributed by atoms with E-state index in [1.165, 1.54) is 33.5 Å². The van der Waals surface area contributed by atoms with Crippen LogP contribution in [0.2, 0.25) is 5.02 Å². The number of piperazine rings is 2. The summed E-state index contributed by atoms with van der Waals surface area (Å²) < 4.78 is 26.6. The SMILES string of the molecule is C[C@H]1NC(=O)[C@H]2CN(S(=O)(=O)c3ccc(Cl)cc3)CCN2C1=O. The van der Waals surface area contributed by atoms with Gasteiger partial charge in [-0.2, -0.15) is 4.31 Å². The number of carbonyl (C=O) groups is 2. The minimum absolute atomic E-state index is 0.0464. The van der Waals surface area contributed by atoms with E-state index in [0.29, 0.717) is 5.02 Å². The molecule has 2 aliphatic heterocycles. The highest BCUT2D eigenvalue weighted by atomic mass is 35.5. The van der Waals surface area contributed by atoms with Gasteiger partial charge in [0, 0.05) is 24.7 Å². The zero-order valence-electron chi connectivity index (χ0n) is 12.4. The fraction of sp³-hybridized carbons (Fsp3) is 0.429. The molecule has 2 atom stereocenters. The Morgan fingerprint density at radius 2 is 1.83 bits per heavy atom. The van der Waals surface area contributed by atoms with E-state index in [4.69, 9.17) is 11.6 Å². The number of benzene rings is 1. The first-order valence-corrected chi connectivity index (χ1v) is 8.99. The van der Waals surface area contributed by atoms with Crippen molar-refractivity contribution in [1.29, 1.82) is 0 Å². The largest absolute Gasteiger partial charge is 0.343 e. The van der Waals surface area contributed by atoms with Gasteiger partial charge in [-0.25, -0.2) is 8.42 Å². The van der Waals surface area contributed by atoms with Crippen LogP contribution in [0.1, 0.15) is 6.92 Å². The Bertz CT molecular complexity index is 750. The molecule has 0 unspecified atom stereocenters. The lowest BCUT2D eigenvalue weighted by atomic mass is 10.1. The Labute approximate surface area is 139 Å². The van der Waals surface area contributed by atoms with Crippen LogP contribution in [0.3, 0.4) is 0 Å². The fourth-order valence-corrected chi connectivity index (χ4v) is 4.40. The number of carbonyl (C=O) groups excluding carboxylic acids is 2. The summed E-state index contributed by atoms with van der Waals surface area (Å²) in [4.78, 5) is 25.8. The Morgan fingerprint density at radius 1 is 1.17 bits per heavy atom. The summed E-state index contributed by atoms with van der Waals surface area (Å²) in [5.74, 6) is -0.508. The molecule has 9 heteroatoms. The van der Waals surface area contributed by atoms with Crippen LogP contribution in [0, 0.1) is 0 Å². The summed E-state index contributed by atoms with van der Waals surface area (Å²) in [5.41, 5.74) is 0. The molecule has 0 aliphatic carbocycles. The normalized spacial score (nSPS) is 25.9. The first kappa shape index (κ1) is 16.2. The molecule has 1 aromatic rings. The molecule has 124 valence electrons. The van der Waals surface area contributed by atoms with Crippen molar-refractivity contribution in [2.24, 2.45) is 0 Å². The topological polar surface area (TPSA) is 86.8 Å². The maximum Gasteiger partial charge on any atom is 0.245 e. The lowest BCUT2D eigenvalue weighted by Gasteiger charge is -2.44. The molecule has 2 fully saturated rings. The smallest absolute Gasteiger partial charge is 0.245 e. The van der Waals surface area contributed by atoms with Gasteiger partial charge in [0.1, 0.15) is 12.1 Å². The number of hydrogen-bond donors (Lipinski definition) is 1. The molecule has 1 aromatic carbocycles. The number of halogens is 1. The number of fused-ring (bicyclic) bond motifs is 1. The Balaban J connectivity index is 1.85. The van der Waals surface area contributed by atoms with E-state index in [1.54, 1.807) is 6.92 Å². The number of rotatable bonds is 2. The fourth-order valence-electron chi connectivity index (χ4n) is 2.84. The average Bonchev–Trinajstić information content (AvgIpc) is 2.52. The molecular weight excluding hydrogens is 342 g/mol. The van der Waals surface area contributed by atoms with Gasteiger partial charge < -0.3 is 10.2 Å². The van der Waals surface area contributed by atoms with Crippen LogP contribution in [-0.2, 0) is 19.6 Å². The molecule has 2 saturated heterocycles. The molecular formula is C14H16ClN3O4S. The molecule has 0 radical (unpaired) electrons. The van der Waals surface area contributed by atoms with Crippen LogP contribution in [0.5, 0.6) is 0 Å². The predicted octanol–water partition coefficient (Wildman–Crippen LogP) is 0.0598. The first-order valence-electron chi connectivity index (χ1n) is 7.17. The van der Waals surface area contributed by atoms with Crippen LogP contribution in [0.15, 0.2) is 29.2 Å². The van der Waals surface area contributed by atoms with E-state index in [9.17, 15) is 18.0 Å². The van der Waals surface area contributed by atoms with Gasteiger partial charge in [-0.1, -0.05) is 11.6 Å². The summed E-state index contributed by atoms with van der Waals surface area (Å²) in [6, 6.07) is 4.51. The molecule has 0 spiro atoms. The van der Waals surface area contributed by atoms with Gasteiger partial charge >= 0.3 is 0 Å². The highest BCUT2D eigenvalue weighted by Crippen LogP contribution is 2.23. The molecule has 0 saturated carbocycles. The van der Waals surface area contributed by atoms with Crippen LogP contribution in [0.25, 0.3) is 0 Å². The van der Waals surface area contributed by atoms with Gasteiger partial charge in [-0.05, 0) is 31.2 Å². The van der Waals surface area contributed by atoms with Crippen molar-refractivity contribution >= 4 is 33.4 Å². The van der Waals surface area contributed by atoms with Gasteiger partial charge in [0.05, 0.1) is 4.90 Å². The van der Waals surface area contributed by atoms with Gasteiger partial charge in [-0.3, -0.25) is 9.59 Å². The molecule has 23 heavy (non-hydrogen) atoms. The zero-order chi connectivity index (χ0) is 16.8. The summed E-state index contributed by atoms with van der Waals surface area (Å²) in [6.45, 7) is 1.93. The standard InChI is InChI=1S/C14H16ClN3O4S/c1-9-14(20)18-7-6-17(8-12(18)13(19)16-9)23(21,22)11-4-2-10(15)3-5-11/h2-5,9,12H,6-8H2,1H3,(H,16,19)/t9-,12-/m1/s1. The molecule has 2 amide bonds. The van der Waals surface area contributed by atoms with Gasteiger partial charge in [-0.15, -0.1) is 0 Å². The molecule has 1 N–H and O–H groups in total. The lowest BCUT2D eigenvalue weighted by molar-refractivity contribution is -0.151.